The summed E-state index contributed by atoms with van der Waals surface area (Å²) in [5.41, 5.74) is 10.1. The Morgan fingerprint density at radius 2 is 1.75 bits per heavy atom. The molecule has 3 N–H and O–H groups in total. The Morgan fingerprint density at radius 3 is 2.36 bits per heavy atom. The number of methoxy groups -OCH3 is 1. The van der Waals surface area contributed by atoms with Crippen LogP contribution in [0, 0.1) is 5.92 Å². The van der Waals surface area contributed by atoms with Gasteiger partial charge in [-0.3, -0.25) is 4.79 Å². The van der Waals surface area contributed by atoms with Gasteiger partial charge in [0, 0.05) is 54.7 Å². The van der Waals surface area contributed by atoms with Gasteiger partial charge in [0.15, 0.2) is 0 Å². The third-order valence-electron chi connectivity index (χ3n) is 6.67. The molecule has 0 bridgehead atoms. The average Bonchev–Trinajstić information content (AvgIpc) is 2.87. The number of aromatic nitrogens is 2. The van der Waals surface area contributed by atoms with Crippen LogP contribution in [0.2, 0.25) is 0 Å². The zero-order valence-electron chi connectivity index (χ0n) is 22.0. The third kappa shape index (κ3) is 5.70. The highest BCUT2D eigenvalue weighted by Gasteiger charge is 2.25. The van der Waals surface area contributed by atoms with Crippen LogP contribution in [0.15, 0.2) is 42.6 Å². The number of nitrogens with zero attached hydrogens (tertiary/aromatic N) is 4. The number of fused-ring (bicyclic) bond motifs is 1. The Labute approximate surface area is 213 Å². The van der Waals surface area contributed by atoms with E-state index in [9.17, 15) is 4.79 Å². The standard InChI is InChI=1S/C28H38N6O2/c1-18(2)16-23(29)27(35)34-14-12-33(13-15-34)22-9-7-21(8-10-22)31-28-30-17-20-6-11-24(36-5)25(19(3)4)26(20)32-28/h6-11,17-19,23H,12-16,29H2,1-5H3,(H,30,31,32). The third-order valence-corrected chi connectivity index (χ3v) is 6.67. The van der Waals surface area contributed by atoms with Crippen LogP contribution < -0.4 is 20.7 Å². The Morgan fingerprint density at radius 1 is 1.06 bits per heavy atom. The topological polar surface area (TPSA) is 96.6 Å². The Kier molecular flexibility index (Phi) is 7.94. The van der Waals surface area contributed by atoms with Crippen molar-refractivity contribution in [2.45, 2.75) is 46.1 Å². The summed E-state index contributed by atoms with van der Waals surface area (Å²) in [6.07, 6.45) is 2.57. The van der Waals surface area contributed by atoms with Crippen molar-refractivity contribution in [2.24, 2.45) is 11.7 Å². The predicted octanol–water partition coefficient (Wildman–Crippen LogP) is 4.53. The summed E-state index contributed by atoms with van der Waals surface area (Å²) >= 11 is 0. The van der Waals surface area contributed by atoms with E-state index in [2.05, 4.69) is 55.0 Å². The number of piperazine rings is 1. The molecule has 0 radical (unpaired) electrons. The van der Waals surface area contributed by atoms with Crippen LogP contribution in [0.5, 0.6) is 5.75 Å². The normalized spacial score (nSPS) is 15.0. The summed E-state index contributed by atoms with van der Waals surface area (Å²) in [4.78, 5) is 26.1. The molecule has 36 heavy (non-hydrogen) atoms. The van der Waals surface area contributed by atoms with E-state index in [1.54, 1.807) is 7.11 Å². The van der Waals surface area contributed by atoms with Crippen LogP contribution in [0.1, 0.15) is 45.6 Å². The van der Waals surface area contributed by atoms with Gasteiger partial charge in [-0.05, 0) is 54.7 Å². The molecule has 0 spiro atoms. The van der Waals surface area contributed by atoms with Crippen molar-refractivity contribution in [3.8, 4) is 5.75 Å². The summed E-state index contributed by atoms with van der Waals surface area (Å²) in [5, 5.41) is 4.32. The number of rotatable bonds is 8. The highest BCUT2D eigenvalue weighted by Crippen LogP contribution is 2.33. The molecule has 1 aromatic heterocycles. The smallest absolute Gasteiger partial charge is 0.239 e. The lowest BCUT2D eigenvalue weighted by atomic mass is 9.99. The first kappa shape index (κ1) is 25.7. The molecule has 1 atom stereocenters. The van der Waals surface area contributed by atoms with Gasteiger partial charge in [-0.2, -0.15) is 0 Å². The average molecular weight is 491 g/mol. The molecule has 4 rings (SSSR count). The van der Waals surface area contributed by atoms with Crippen LogP contribution >= 0.6 is 0 Å². The lowest BCUT2D eigenvalue weighted by Gasteiger charge is -2.37. The largest absolute Gasteiger partial charge is 0.496 e. The first-order valence-corrected chi connectivity index (χ1v) is 12.8. The van der Waals surface area contributed by atoms with Crippen molar-refractivity contribution in [1.29, 1.82) is 0 Å². The van der Waals surface area contributed by atoms with Gasteiger partial charge in [0.2, 0.25) is 11.9 Å². The van der Waals surface area contributed by atoms with E-state index < -0.39 is 6.04 Å². The Bertz CT molecular complexity index is 1190. The maximum atomic E-state index is 12.6. The van der Waals surface area contributed by atoms with Gasteiger partial charge in [0.05, 0.1) is 18.7 Å². The quantitative estimate of drug-likeness (QED) is 0.479. The maximum absolute atomic E-state index is 12.6. The number of hydrogen-bond acceptors (Lipinski definition) is 7. The molecule has 192 valence electrons. The molecular formula is C28H38N6O2. The second kappa shape index (κ2) is 11.1. The molecular weight excluding hydrogens is 452 g/mol. The van der Waals surface area contributed by atoms with Gasteiger partial charge < -0.3 is 25.6 Å². The maximum Gasteiger partial charge on any atom is 0.239 e. The van der Waals surface area contributed by atoms with Gasteiger partial charge in [-0.15, -0.1) is 0 Å². The summed E-state index contributed by atoms with van der Waals surface area (Å²) < 4.78 is 5.58. The number of amides is 1. The number of anilines is 3. The summed E-state index contributed by atoms with van der Waals surface area (Å²) in [5.74, 6) is 2.15. The van der Waals surface area contributed by atoms with E-state index >= 15 is 0 Å². The molecule has 2 aromatic carbocycles. The summed E-state index contributed by atoms with van der Waals surface area (Å²) in [6, 6.07) is 11.8. The highest BCUT2D eigenvalue weighted by atomic mass is 16.5. The van der Waals surface area contributed by atoms with Crippen LogP contribution in [0.4, 0.5) is 17.3 Å². The molecule has 1 aliphatic heterocycles. The van der Waals surface area contributed by atoms with E-state index in [1.165, 1.54) is 0 Å². The lowest BCUT2D eigenvalue weighted by molar-refractivity contribution is -0.133. The van der Waals surface area contributed by atoms with E-state index in [4.69, 9.17) is 15.5 Å². The van der Waals surface area contributed by atoms with Crippen molar-refractivity contribution < 1.29 is 9.53 Å². The van der Waals surface area contributed by atoms with Gasteiger partial charge in [0.1, 0.15) is 5.75 Å². The molecule has 1 aliphatic rings. The fraction of sp³-hybridized carbons (Fsp3) is 0.464. The van der Waals surface area contributed by atoms with Crippen LogP contribution in [-0.4, -0.2) is 60.1 Å². The molecule has 0 saturated carbocycles. The Balaban J connectivity index is 1.41. The van der Waals surface area contributed by atoms with Gasteiger partial charge in [-0.25, -0.2) is 9.97 Å². The van der Waals surface area contributed by atoms with Crippen molar-refractivity contribution >= 4 is 34.1 Å². The molecule has 3 aromatic rings. The zero-order chi connectivity index (χ0) is 25.8. The Hall–Kier alpha value is -3.39. The van der Waals surface area contributed by atoms with Gasteiger partial charge in [0.25, 0.3) is 0 Å². The molecule has 2 heterocycles. The minimum Gasteiger partial charge on any atom is -0.496 e. The number of nitrogens with two attached hydrogens (primary N) is 1. The van der Waals surface area contributed by atoms with Crippen LogP contribution in [0.3, 0.4) is 0 Å². The number of hydrogen-bond donors (Lipinski definition) is 2. The van der Waals surface area contributed by atoms with Gasteiger partial charge >= 0.3 is 0 Å². The molecule has 1 amide bonds. The van der Waals surface area contributed by atoms with Crippen molar-refractivity contribution in [2.75, 3.05) is 43.5 Å². The fourth-order valence-electron chi connectivity index (χ4n) is 4.81. The summed E-state index contributed by atoms with van der Waals surface area (Å²) in [7, 11) is 1.69. The lowest BCUT2D eigenvalue weighted by Crippen LogP contribution is -2.53. The minimum atomic E-state index is -0.406. The highest BCUT2D eigenvalue weighted by molar-refractivity contribution is 5.85. The SMILES string of the molecule is COc1ccc2cnc(Nc3ccc(N4CCN(C(=O)C(N)CC(C)C)CC4)cc3)nc2c1C(C)C. The first-order valence-electron chi connectivity index (χ1n) is 12.8. The van der Waals surface area contributed by atoms with Crippen molar-refractivity contribution in [3.05, 3.63) is 48.2 Å². The predicted molar refractivity (Wildman–Crippen MR) is 146 cm³/mol. The van der Waals surface area contributed by atoms with Crippen molar-refractivity contribution in [3.63, 3.8) is 0 Å². The fourth-order valence-corrected chi connectivity index (χ4v) is 4.81. The second-order valence-corrected chi connectivity index (χ2v) is 10.2. The van der Waals surface area contributed by atoms with E-state index in [-0.39, 0.29) is 11.8 Å². The first-order chi connectivity index (χ1) is 17.3. The van der Waals surface area contributed by atoms with Crippen LogP contribution in [0.25, 0.3) is 10.9 Å². The molecule has 8 heteroatoms. The molecule has 1 fully saturated rings. The van der Waals surface area contributed by atoms with Crippen molar-refractivity contribution in [1.82, 2.24) is 14.9 Å². The second-order valence-electron chi connectivity index (χ2n) is 10.2. The number of benzene rings is 2. The van der Waals surface area contributed by atoms with E-state index in [0.29, 0.717) is 25.0 Å². The summed E-state index contributed by atoms with van der Waals surface area (Å²) in [6.45, 7) is 11.4. The number of nitrogens with one attached hydrogen (secondary N) is 1. The number of ether oxygens (including phenoxy) is 1. The zero-order valence-corrected chi connectivity index (χ0v) is 22.0. The molecule has 0 aliphatic carbocycles. The number of carbonyl (C=O) groups excluding carboxylic acids is 1. The number of carbonyl (C=O) groups is 1. The molecule has 8 nitrogen and oxygen atoms in total. The molecule has 1 unspecified atom stereocenters. The van der Waals surface area contributed by atoms with E-state index in [1.807, 2.05) is 35.4 Å². The van der Waals surface area contributed by atoms with Crippen LogP contribution in [-0.2, 0) is 4.79 Å². The van der Waals surface area contributed by atoms with Gasteiger partial charge in [-0.1, -0.05) is 27.7 Å². The molecule has 1 saturated heterocycles. The van der Waals surface area contributed by atoms with E-state index in [0.717, 1.165) is 53.1 Å². The minimum absolute atomic E-state index is 0.0662. The monoisotopic (exact) mass is 490 g/mol.